The number of rotatable bonds is 14. The van der Waals surface area contributed by atoms with E-state index in [2.05, 4.69) is 45.3 Å². The molecule has 3 aromatic rings. The van der Waals surface area contributed by atoms with E-state index >= 15 is 0 Å². The Morgan fingerprint density at radius 1 is 1.11 bits per heavy atom. The Bertz CT molecular complexity index is 1580. The second-order valence-electron chi connectivity index (χ2n) is 11.5. The van der Waals surface area contributed by atoms with Gasteiger partial charge in [-0.3, -0.25) is 9.73 Å². The van der Waals surface area contributed by atoms with Crippen molar-refractivity contribution in [1.82, 2.24) is 29.9 Å². The van der Waals surface area contributed by atoms with Crippen molar-refractivity contribution in [2.24, 2.45) is 0 Å². The first-order valence-corrected chi connectivity index (χ1v) is 16.8. The number of anilines is 1. The number of aromatic nitrogens is 1. The number of hydrogen-bond donors (Lipinski definition) is 5. The minimum Gasteiger partial charge on any atom is -0.478 e. The third kappa shape index (κ3) is 10.0. The van der Waals surface area contributed by atoms with Gasteiger partial charge >= 0.3 is 16.2 Å². The number of fused-ring (bicyclic) bond motifs is 1. The van der Waals surface area contributed by atoms with Gasteiger partial charge in [-0.1, -0.05) is 31.5 Å². The molecular weight excluding hydrogens is 590 g/mol. The van der Waals surface area contributed by atoms with Gasteiger partial charge in [-0.25, -0.2) is 4.79 Å². The summed E-state index contributed by atoms with van der Waals surface area (Å²) in [5.74, 6) is -0.879. The first kappa shape index (κ1) is 35.5. The maximum absolute atomic E-state index is 13.1. The molecule has 0 bridgehead atoms. The van der Waals surface area contributed by atoms with E-state index < -0.39 is 16.2 Å². The molecule has 11 nitrogen and oxygen atoms in total. The second kappa shape index (κ2) is 16.4. The van der Waals surface area contributed by atoms with Gasteiger partial charge < -0.3 is 25.7 Å². The highest BCUT2D eigenvalue weighted by Crippen LogP contribution is 2.27. The molecule has 0 fully saturated rings. The summed E-state index contributed by atoms with van der Waals surface area (Å²) in [7, 11) is 2.43. The van der Waals surface area contributed by atoms with Gasteiger partial charge in [0.1, 0.15) is 0 Å². The number of carbonyl (C=O) groups is 1. The highest BCUT2D eigenvalue weighted by Gasteiger charge is 2.24. The van der Waals surface area contributed by atoms with Crippen LogP contribution in [0.5, 0.6) is 0 Å². The standard InChI is InChI=1S/C26H43N7O2S.C7H6O2/c1-8-9-14-33(19(2)3)36(34,35)30-21-10-11-26-25(15-21)24(20(4)29-26)12-13-27-17-23-16-22(31(5)6)18-28-32(23)7;8-7(9)6-4-2-1-3-5-6/h10-11,15-16,18-19,27-30H,8-9,12-14,17H2,1-7H3;1-5H,(H,8,9). The van der Waals surface area contributed by atoms with Crippen LogP contribution in [0.15, 0.2) is 72.2 Å². The third-order valence-electron chi connectivity index (χ3n) is 7.53. The van der Waals surface area contributed by atoms with E-state index in [1.807, 2.05) is 64.4 Å². The third-order valence-corrected chi connectivity index (χ3v) is 9.24. The summed E-state index contributed by atoms with van der Waals surface area (Å²) in [5, 5.41) is 15.0. The maximum atomic E-state index is 13.1. The van der Waals surface area contributed by atoms with Crippen molar-refractivity contribution in [3.8, 4) is 0 Å². The lowest BCUT2D eigenvalue weighted by molar-refractivity contribution is 0.0697. The number of aromatic amines is 1. The number of hydrogen-bond acceptors (Lipinski definition) is 7. The molecule has 0 atom stereocenters. The number of likely N-dealkylation sites (N-methyl/N-ethyl adjacent to an activating group) is 2. The highest BCUT2D eigenvalue weighted by molar-refractivity contribution is 7.90. The Morgan fingerprint density at radius 2 is 1.82 bits per heavy atom. The van der Waals surface area contributed by atoms with Gasteiger partial charge in [-0.15, -0.1) is 0 Å². The monoisotopic (exact) mass is 639 g/mol. The van der Waals surface area contributed by atoms with Gasteiger partial charge in [0.2, 0.25) is 0 Å². The number of aryl methyl sites for hydroxylation is 1. The van der Waals surface area contributed by atoms with E-state index in [1.165, 1.54) is 9.87 Å². The number of hydrazine groups is 1. The maximum Gasteiger partial charge on any atom is 0.335 e. The molecule has 1 aromatic heterocycles. The van der Waals surface area contributed by atoms with E-state index in [4.69, 9.17) is 5.11 Å². The molecule has 5 N–H and O–H groups in total. The number of nitrogens with zero attached hydrogens (tertiary/aromatic N) is 3. The van der Waals surface area contributed by atoms with Gasteiger partial charge in [0.25, 0.3) is 0 Å². The van der Waals surface area contributed by atoms with E-state index in [9.17, 15) is 13.2 Å². The molecule has 45 heavy (non-hydrogen) atoms. The van der Waals surface area contributed by atoms with Crippen molar-refractivity contribution in [3.63, 3.8) is 0 Å². The topological polar surface area (TPSA) is 133 Å². The van der Waals surface area contributed by atoms with Crippen LogP contribution in [0.4, 0.5) is 5.69 Å². The Balaban J connectivity index is 0.000000525. The number of allylic oxidation sites excluding steroid dienone is 1. The van der Waals surface area contributed by atoms with Crippen molar-refractivity contribution in [2.75, 3.05) is 45.5 Å². The molecule has 0 radical (unpaired) electrons. The SMILES string of the molecule is CCCCN(C(C)C)S(=O)(=O)Nc1ccc2[nH]c(C)c(CCNCC3=CC(N(C)C)=CNN3C)c2c1.O=C(O)c1ccccc1. The fourth-order valence-corrected chi connectivity index (χ4v) is 6.41. The molecule has 2 aromatic carbocycles. The van der Waals surface area contributed by atoms with Crippen LogP contribution in [0, 0.1) is 6.92 Å². The van der Waals surface area contributed by atoms with Crippen molar-refractivity contribution in [3.05, 3.63) is 89.0 Å². The van der Waals surface area contributed by atoms with Crippen LogP contribution in [-0.2, 0) is 16.6 Å². The predicted molar refractivity (Wildman–Crippen MR) is 183 cm³/mol. The van der Waals surface area contributed by atoms with Crippen LogP contribution in [0.1, 0.15) is 55.2 Å². The molecule has 12 heteroatoms. The van der Waals surface area contributed by atoms with Crippen LogP contribution < -0.4 is 15.5 Å². The normalized spacial score (nSPS) is 13.2. The number of carboxylic acid groups (broad SMARTS) is 1. The average Bonchev–Trinajstić information content (AvgIpc) is 3.30. The van der Waals surface area contributed by atoms with Crippen LogP contribution in [0.3, 0.4) is 0 Å². The molecule has 0 unspecified atom stereocenters. The van der Waals surface area contributed by atoms with Crippen LogP contribution in [-0.4, -0.2) is 85.5 Å². The lowest BCUT2D eigenvalue weighted by atomic mass is 10.1. The molecule has 0 saturated carbocycles. The summed E-state index contributed by atoms with van der Waals surface area (Å²) >= 11 is 0. The Labute approximate surface area is 268 Å². The molecule has 0 aliphatic carbocycles. The Hall–Kier alpha value is -4.00. The van der Waals surface area contributed by atoms with Crippen LogP contribution >= 0.6 is 0 Å². The molecule has 0 amide bonds. The van der Waals surface area contributed by atoms with Crippen molar-refractivity contribution in [1.29, 1.82) is 0 Å². The molecule has 0 spiro atoms. The molecule has 2 heterocycles. The summed E-state index contributed by atoms with van der Waals surface area (Å²) in [5.41, 5.74) is 9.77. The smallest absolute Gasteiger partial charge is 0.335 e. The van der Waals surface area contributed by atoms with Crippen molar-refractivity contribution in [2.45, 2.75) is 53.0 Å². The molecular formula is C33H49N7O4S. The van der Waals surface area contributed by atoms with Gasteiger partial charge in [0, 0.05) is 63.1 Å². The van der Waals surface area contributed by atoms with Crippen LogP contribution in [0.25, 0.3) is 10.9 Å². The quantitative estimate of drug-likeness (QED) is 0.158. The predicted octanol–water partition coefficient (Wildman–Crippen LogP) is 4.90. The van der Waals surface area contributed by atoms with E-state index in [0.29, 0.717) is 17.8 Å². The summed E-state index contributed by atoms with van der Waals surface area (Å²) in [4.78, 5) is 15.7. The Morgan fingerprint density at radius 3 is 2.42 bits per heavy atom. The number of aromatic carboxylic acids is 1. The zero-order valence-electron chi connectivity index (χ0n) is 27.5. The van der Waals surface area contributed by atoms with Gasteiger partial charge in [0.05, 0.1) is 22.6 Å². The fraction of sp³-hybridized carbons (Fsp3) is 0.424. The van der Waals surface area contributed by atoms with E-state index in [-0.39, 0.29) is 6.04 Å². The zero-order chi connectivity index (χ0) is 33.1. The minimum atomic E-state index is -3.63. The highest BCUT2D eigenvalue weighted by atomic mass is 32.2. The first-order chi connectivity index (χ1) is 21.3. The summed E-state index contributed by atoms with van der Waals surface area (Å²) in [6.07, 6.45) is 6.76. The van der Waals surface area contributed by atoms with Gasteiger partial charge in [-0.05, 0) is 82.1 Å². The molecule has 1 aliphatic rings. The number of unbranched alkanes of at least 4 members (excludes halogenated alkanes) is 1. The van der Waals surface area contributed by atoms with Crippen molar-refractivity contribution >= 4 is 32.8 Å². The summed E-state index contributed by atoms with van der Waals surface area (Å²) < 4.78 is 30.5. The second-order valence-corrected chi connectivity index (χ2v) is 13.2. The molecule has 4 rings (SSSR count). The summed E-state index contributed by atoms with van der Waals surface area (Å²) in [6, 6.07) is 13.9. The molecule has 0 saturated heterocycles. The first-order valence-electron chi connectivity index (χ1n) is 15.3. The zero-order valence-corrected chi connectivity index (χ0v) is 28.3. The number of H-pyrrole nitrogens is 1. The number of benzene rings is 2. The fourth-order valence-electron chi connectivity index (χ4n) is 4.94. The number of nitrogens with one attached hydrogen (secondary N) is 4. The van der Waals surface area contributed by atoms with Gasteiger partial charge in [0.15, 0.2) is 0 Å². The minimum absolute atomic E-state index is 0.105. The lowest BCUT2D eigenvalue weighted by Gasteiger charge is -2.29. The largest absolute Gasteiger partial charge is 0.478 e. The van der Waals surface area contributed by atoms with E-state index in [1.54, 1.807) is 30.3 Å². The lowest BCUT2D eigenvalue weighted by Crippen LogP contribution is -2.41. The Kier molecular flexibility index (Phi) is 12.9. The van der Waals surface area contributed by atoms with E-state index in [0.717, 1.165) is 60.3 Å². The van der Waals surface area contributed by atoms with Crippen molar-refractivity contribution < 1.29 is 18.3 Å². The number of carboxylic acids is 1. The molecule has 1 aliphatic heterocycles. The summed E-state index contributed by atoms with van der Waals surface area (Å²) in [6.45, 7) is 10.0. The molecule has 246 valence electrons. The van der Waals surface area contributed by atoms with Gasteiger partial charge in [-0.2, -0.15) is 12.7 Å². The average molecular weight is 640 g/mol. The van der Waals surface area contributed by atoms with Crippen LogP contribution in [0.2, 0.25) is 0 Å².